The highest BCUT2D eigenvalue weighted by Gasteiger charge is 2.29. The third kappa shape index (κ3) is 8.98. The van der Waals surface area contributed by atoms with Gasteiger partial charge in [0.1, 0.15) is 6.04 Å². The highest BCUT2D eigenvalue weighted by atomic mass is 35.5. The van der Waals surface area contributed by atoms with Crippen LogP contribution in [0.4, 0.5) is 5.69 Å². The van der Waals surface area contributed by atoms with E-state index in [4.69, 9.17) is 23.2 Å². The monoisotopic (exact) mass is 555 g/mol. The van der Waals surface area contributed by atoms with Crippen LogP contribution in [-0.4, -0.2) is 49.5 Å². The second-order valence-electron chi connectivity index (χ2n) is 9.95. The van der Waals surface area contributed by atoms with Crippen molar-refractivity contribution in [3.8, 4) is 0 Å². The van der Waals surface area contributed by atoms with Crippen LogP contribution in [0.5, 0.6) is 0 Å². The number of nitrogens with one attached hydrogen (secondary N) is 1. The Hall–Kier alpha value is -2.29. The lowest BCUT2D eigenvalue weighted by molar-refractivity contribution is -0.141. The van der Waals surface area contributed by atoms with Crippen LogP contribution in [0.2, 0.25) is 10.0 Å². The Kier molecular flexibility index (Phi) is 10.2. The minimum absolute atomic E-state index is 0.0518. The molecule has 0 aliphatic heterocycles. The van der Waals surface area contributed by atoms with E-state index in [0.29, 0.717) is 21.3 Å². The lowest BCUT2D eigenvalue weighted by Crippen LogP contribution is -2.52. The molecule has 0 fully saturated rings. The summed E-state index contributed by atoms with van der Waals surface area (Å²) < 4.78 is 26.2. The van der Waals surface area contributed by atoms with Crippen molar-refractivity contribution in [2.24, 2.45) is 0 Å². The molecular weight excluding hydrogens is 521 g/mol. The highest BCUT2D eigenvalue weighted by Crippen LogP contribution is 2.24. The van der Waals surface area contributed by atoms with E-state index in [1.165, 1.54) is 9.21 Å². The number of hydrogen-bond donors (Lipinski definition) is 1. The number of rotatable bonds is 10. The van der Waals surface area contributed by atoms with Crippen molar-refractivity contribution < 1.29 is 18.0 Å². The summed E-state index contributed by atoms with van der Waals surface area (Å²) >= 11 is 12.4. The smallest absolute Gasteiger partial charge is 0.242 e. The van der Waals surface area contributed by atoms with Crippen molar-refractivity contribution in [1.29, 1.82) is 0 Å². The Labute approximate surface area is 224 Å². The highest BCUT2D eigenvalue weighted by molar-refractivity contribution is 7.92. The van der Waals surface area contributed by atoms with Gasteiger partial charge in [0.05, 0.1) is 11.9 Å². The molecule has 2 aromatic carbocycles. The molecule has 0 aliphatic carbocycles. The van der Waals surface area contributed by atoms with Gasteiger partial charge in [0, 0.05) is 35.1 Å². The number of carbonyl (C=O) groups is 2. The molecule has 10 heteroatoms. The predicted molar refractivity (Wildman–Crippen MR) is 147 cm³/mol. The molecule has 1 atom stereocenters. The first kappa shape index (κ1) is 29.9. The zero-order chi connectivity index (χ0) is 27.3. The Morgan fingerprint density at radius 3 is 2.31 bits per heavy atom. The van der Waals surface area contributed by atoms with E-state index in [9.17, 15) is 18.0 Å². The Balaban J connectivity index is 2.23. The molecule has 0 saturated heterocycles. The van der Waals surface area contributed by atoms with E-state index in [-0.39, 0.29) is 37.7 Å². The molecular formula is C26H35Cl2N3O4S. The summed E-state index contributed by atoms with van der Waals surface area (Å²) in [7, 11) is -3.55. The molecule has 0 unspecified atom stereocenters. The standard InChI is InChI=1S/C26H35Cl2N3O4S/c1-18-9-7-10-22(15-18)31(36(6,34)35)14-8-11-24(32)30(19(2)25(33)29-26(3,4)5)17-20-12-13-21(27)16-23(20)28/h7,9-10,12-13,15-16,19H,8,11,14,17H2,1-6H3,(H,29,33)/t19-/m1/s1. The third-order valence-corrected chi connectivity index (χ3v) is 7.24. The summed E-state index contributed by atoms with van der Waals surface area (Å²) in [6.45, 7) is 9.39. The van der Waals surface area contributed by atoms with Gasteiger partial charge in [0.25, 0.3) is 0 Å². The fourth-order valence-electron chi connectivity index (χ4n) is 3.68. The van der Waals surface area contributed by atoms with E-state index in [2.05, 4.69) is 5.32 Å². The summed E-state index contributed by atoms with van der Waals surface area (Å²) in [5.41, 5.74) is 1.67. The maximum atomic E-state index is 13.4. The van der Waals surface area contributed by atoms with Gasteiger partial charge in [-0.3, -0.25) is 13.9 Å². The molecule has 36 heavy (non-hydrogen) atoms. The van der Waals surface area contributed by atoms with Crippen molar-refractivity contribution in [3.63, 3.8) is 0 Å². The Morgan fingerprint density at radius 2 is 1.75 bits per heavy atom. The number of benzene rings is 2. The summed E-state index contributed by atoms with van der Waals surface area (Å²) in [6, 6.07) is 11.4. The van der Waals surface area contributed by atoms with Crippen LogP contribution in [0.1, 0.15) is 51.7 Å². The first-order valence-corrected chi connectivity index (χ1v) is 14.3. The number of aryl methyl sites for hydroxylation is 1. The van der Waals surface area contributed by atoms with E-state index in [1.807, 2.05) is 33.8 Å². The van der Waals surface area contributed by atoms with E-state index < -0.39 is 21.6 Å². The van der Waals surface area contributed by atoms with Gasteiger partial charge in [-0.15, -0.1) is 0 Å². The minimum atomic E-state index is -3.55. The topological polar surface area (TPSA) is 86.8 Å². The Bertz CT molecular complexity index is 1200. The van der Waals surface area contributed by atoms with Gasteiger partial charge in [0.15, 0.2) is 0 Å². The van der Waals surface area contributed by atoms with Crippen molar-refractivity contribution in [3.05, 3.63) is 63.6 Å². The maximum absolute atomic E-state index is 13.4. The molecule has 0 radical (unpaired) electrons. The van der Waals surface area contributed by atoms with Crippen molar-refractivity contribution in [2.45, 2.75) is 65.6 Å². The van der Waals surface area contributed by atoms with Crippen molar-refractivity contribution >= 4 is 50.7 Å². The van der Waals surface area contributed by atoms with Crippen LogP contribution >= 0.6 is 23.2 Å². The predicted octanol–water partition coefficient (Wildman–Crippen LogP) is 5.18. The number of halogens is 2. The lowest BCUT2D eigenvalue weighted by Gasteiger charge is -2.32. The fraction of sp³-hybridized carbons (Fsp3) is 0.462. The molecule has 0 aliphatic rings. The van der Waals surface area contributed by atoms with Gasteiger partial charge in [0.2, 0.25) is 21.8 Å². The quantitative estimate of drug-likeness (QED) is 0.437. The molecule has 7 nitrogen and oxygen atoms in total. The first-order chi connectivity index (χ1) is 16.6. The fourth-order valence-corrected chi connectivity index (χ4v) is 5.10. The van der Waals surface area contributed by atoms with Crippen LogP contribution in [0.15, 0.2) is 42.5 Å². The van der Waals surface area contributed by atoms with Crippen LogP contribution in [-0.2, 0) is 26.2 Å². The summed E-state index contributed by atoms with van der Waals surface area (Å²) in [5, 5.41) is 3.77. The number of amides is 2. The number of hydrogen-bond acceptors (Lipinski definition) is 4. The molecule has 1 N–H and O–H groups in total. The third-order valence-electron chi connectivity index (χ3n) is 5.46. The number of sulfonamides is 1. The summed E-state index contributed by atoms with van der Waals surface area (Å²) in [6.07, 6.45) is 1.47. The number of nitrogens with zero attached hydrogens (tertiary/aromatic N) is 2. The molecule has 0 aromatic heterocycles. The maximum Gasteiger partial charge on any atom is 0.242 e. The van der Waals surface area contributed by atoms with Crippen molar-refractivity contribution in [1.82, 2.24) is 10.2 Å². The number of anilines is 1. The van der Waals surface area contributed by atoms with Crippen molar-refractivity contribution in [2.75, 3.05) is 17.1 Å². The molecule has 198 valence electrons. The van der Waals surface area contributed by atoms with Gasteiger partial charge in [-0.25, -0.2) is 8.42 Å². The van der Waals surface area contributed by atoms with Gasteiger partial charge in [-0.05, 0) is 76.4 Å². The van der Waals surface area contributed by atoms with Gasteiger partial charge < -0.3 is 10.2 Å². The SMILES string of the molecule is Cc1cccc(N(CCCC(=O)N(Cc2ccc(Cl)cc2Cl)[C@H](C)C(=O)NC(C)(C)C)S(C)(=O)=O)c1. The molecule has 0 spiro atoms. The minimum Gasteiger partial charge on any atom is -0.350 e. The summed E-state index contributed by atoms with van der Waals surface area (Å²) in [5.74, 6) is -0.575. The molecule has 2 aromatic rings. The molecule has 0 saturated carbocycles. The van der Waals surface area contributed by atoms with E-state index in [0.717, 1.165) is 11.8 Å². The molecule has 2 amide bonds. The van der Waals surface area contributed by atoms with Gasteiger partial charge >= 0.3 is 0 Å². The zero-order valence-electron chi connectivity index (χ0n) is 21.6. The van der Waals surface area contributed by atoms with E-state index in [1.54, 1.807) is 43.3 Å². The van der Waals surface area contributed by atoms with Crippen LogP contribution in [0, 0.1) is 6.92 Å². The molecule has 0 heterocycles. The zero-order valence-corrected chi connectivity index (χ0v) is 24.0. The van der Waals surface area contributed by atoms with Crippen LogP contribution in [0.3, 0.4) is 0 Å². The van der Waals surface area contributed by atoms with Gasteiger partial charge in [-0.2, -0.15) is 0 Å². The van der Waals surface area contributed by atoms with E-state index >= 15 is 0 Å². The van der Waals surface area contributed by atoms with Gasteiger partial charge in [-0.1, -0.05) is 41.4 Å². The average molecular weight is 557 g/mol. The van der Waals surface area contributed by atoms with Crippen LogP contribution in [0.25, 0.3) is 0 Å². The largest absolute Gasteiger partial charge is 0.350 e. The van der Waals surface area contributed by atoms with Crippen LogP contribution < -0.4 is 9.62 Å². The Morgan fingerprint density at radius 1 is 1.08 bits per heavy atom. The first-order valence-electron chi connectivity index (χ1n) is 11.7. The second kappa shape index (κ2) is 12.3. The lowest BCUT2D eigenvalue weighted by atomic mass is 10.1. The molecule has 0 bridgehead atoms. The normalized spacial score (nSPS) is 12.7. The second-order valence-corrected chi connectivity index (χ2v) is 12.7. The number of carbonyl (C=O) groups excluding carboxylic acids is 2. The summed E-state index contributed by atoms with van der Waals surface area (Å²) in [4.78, 5) is 27.8. The molecule has 2 rings (SSSR count). The average Bonchev–Trinajstić information content (AvgIpc) is 2.73.